The van der Waals surface area contributed by atoms with Crippen molar-refractivity contribution in [2.45, 2.75) is 18.7 Å². The average molecular weight is 460 g/mol. The van der Waals surface area contributed by atoms with Gasteiger partial charge >= 0.3 is 0 Å². The highest BCUT2D eigenvalue weighted by molar-refractivity contribution is 7.91. The molecule has 0 bridgehead atoms. The molecular formula is C22H25N3O4S2. The monoisotopic (exact) mass is 459 g/mol. The number of nitrogens with zero attached hydrogens (tertiary/aromatic N) is 3. The maximum absolute atomic E-state index is 13.0. The summed E-state index contributed by atoms with van der Waals surface area (Å²) < 4.78 is 30.9. The van der Waals surface area contributed by atoms with Crippen LogP contribution in [0.2, 0.25) is 0 Å². The molecule has 0 saturated carbocycles. The number of carbonyl (C=O) groups is 1. The Morgan fingerprint density at radius 2 is 1.90 bits per heavy atom. The Kier molecular flexibility index (Phi) is 5.90. The lowest BCUT2D eigenvalue weighted by Crippen LogP contribution is -2.48. The summed E-state index contributed by atoms with van der Waals surface area (Å²) in [6.07, 6.45) is 0. The van der Waals surface area contributed by atoms with Crippen molar-refractivity contribution in [2.75, 3.05) is 43.9 Å². The number of carbonyl (C=O) groups excluding carboxylic acids is 1. The van der Waals surface area contributed by atoms with E-state index in [4.69, 9.17) is 9.72 Å². The minimum atomic E-state index is -3.35. The van der Waals surface area contributed by atoms with E-state index >= 15 is 0 Å². The van der Waals surface area contributed by atoms with Crippen LogP contribution in [0.5, 0.6) is 5.75 Å². The molecule has 2 heterocycles. The Morgan fingerprint density at radius 3 is 2.58 bits per heavy atom. The van der Waals surface area contributed by atoms with Gasteiger partial charge in [0, 0.05) is 31.7 Å². The second kappa shape index (κ2) is 8.47. The number of hydrogen-bond acceptors (Lipinski definition) is 7. The maximum atomic E-state index is 13.0. The van der Waals surface area contributed by atoms with E-state index in [2.05, 4.69) is 11.8 Å². The van der Waals surface area contributed by atoms with Gasteiger partial charge in [-0.25, -0.2) is 13.4 Å². The van der Waals surface area contributed by atoms with Gasteiger partial charge in [-0.1, -0.05) is 30.4 Å². The van der Waals surface area contributed by atoms with Gasteiger partial charge in [0.05, 0.1) is 22.5 Å². The topological polar surface area (TPSA) is 79.8 Å². The zero-order chi connectivity index (χ0) is 22.2. The number of aromatic nitrogens is 1. The molecule has 1 saturated heterocycles. The molecule has 0 spiro atoms. The predicted octanol–water partition coefficient (Wildman–Crippen LogP) is 3.37. The summed E-state index contributed by atoms with van der Waals surface area (Å²) in [5, 5.41) is 0.922. The number of rotatable bonds is 5. The molecule has 7 nitrogen and oxygen atoms in total. The van der Waals surface area contributed by atoms with E-state index in [1.54, 1.807) is 42.4 Å². The standard InChI is InChI=1S/C22H25N3O4S2/c1-4-31(27,28)17-7-5-6-16(14-17)21(26)24-10-12-25(13-11-24)22-23-19-18(29-3)9-8-15(2)20(19)30-22/h5-9,14H,4,10-13H2,1-3H3. The summed E-state index contributed by atoms with van der Waals surface area (Å²) in [5.41, 5.74) is 2.44. The molecule has 4 rings (SSSR count). The van der Waals surface area contributed by atoms with Crippen LogP contribution >= 0.6 is 11.3 Å². The van der Waals surface area contributed by atoms with Gasteiger partial charge in [0.15, 0.2) is 15.0 Å². The molecule has 0 unspecified atom stereocenters. The lowest BCUT2D eigenvalue weighted by molar-refractivity contribution is 0.0746. The molecule has 1 fully saturated rings. The van der Waals surface area contributed by atoms with Crippen LogP contribution in [-0.2, 0) is 9.84 Å². The van der Waals surface area contributed by atoms with Gasteiger partial charge < -0.3 is 14.5 Å². The highest BCUT2D eigenvalue weighted by atomic mass is 32.2. The van der Waals surface area contributed by atoms with E-state index in [1.807, 2.05) is 12.1 Å². The Balaban J connectivity index is 1.49. The number of aryl methyl sites for hydroxylation is 1. The van der Waals surface area contributed by atoms with E-state index in [1.165, 1.54) is 12.1 Å². The normalized spacial score (nSPS) is 14.8. The van der Waals surface area contributed by atoms with Crippen molar-refractivity contribution in [1.29, 1.82) is 0 Å². The fourth-order valence-corrected chi connectivity index (χ4v) is 5.70. The summed E-state index contributed by atoms with van der Waals surface area (Å²) in [7, 11) is -1.70. The summed E-state index contributed by atoms with van der Waals surface area (Å²) in [4.78, 5) is 21.9. The number of fused-ring (bicyclic) bond motifs is 1. The van der Waals surface area contributed by atoms with Crippen molar-refractivity contribution in [2.24, 2.45) is 0 Å². The first-order valence-electron chi connectivity index (χ1n) is 10.1. The first kappa shape index (κ1) is 21.6. The Labute approximate surface area is 186 Å². The maximum Gasteiger partial charge on any atom is 0.254 e. The molecule has 3 aromatic rings. The number of methoxy groups -OCH3 is 1. The average Bonchev–Trinajstić information content (AvgIpc) is 3.25. The first-order chi connectivity index (χ1) is 14.8. The molecule has 9 heteroatoms. The second-order valence-corrected chi connectivity index (χ2v) is 10.7. The smallest absolute Gasteiger partial charge is 0.254 e. The lowest BCUT2D eigenvalue weighted by Gasteiger charge is -2.34. The number of piperazine rings is 1. The number of hydrogen-bond donors (Lipinski definition) is 0. The number of ether oxygens (including phenoxy) is 1. The molecule has 1 aliphatic heterocycles. The Hall–Kier alpha value is -2.65. The van der Waals surface area contributed by atoms with Crippen molar-refractivity contribution >= 4 is 42.4 Å². The molecule has 0 aliphatic carbocycles. The molecule has 1 aromatic heterocycles. The molecular weight excluding hydrogens is 434 g/mol. The van der Waals surface area contributed by atoms with E-state index in [-0.39, 0.29) is 16.6 Å². The molecule has 164 valence electrons. The van der Waals surface area contributed by atoms with Crippen LogP contribution in [0.4, 0.5) is 5.13 Å². The third-order valence-corrected chi connectivity index (χ3v) is 8.55. The molecule has 31 heavy (non-hydrogen) atoms. The number of thiazole rings is 1. The van der Waals surface area contributed by atoms with Crippen molar-refractivity contribution < 1.29 is 17.9 Å². The molecule has 1 amide bonds. The van der Waals surface area contributed by atoms with Gasteiger partial charge in [-0.2, -0.15) is 0 Å². The Bertz CT molecular complexity index is 1230. The third kappa shape index (κ3) is 4.12. The summed E-state index contributed by atoms with van der Waals surface area (Å²) in [5.74, 6) is 0.629. The van der Waals surface area contributed by atoms with Crippen LogP contribution < -0.4 is 9.64 Å². The van der Waals surface area contributed by atoms with Gasteiger partial charge in [-0.15, -0.1) is 0 Å². The second-order valence-electron chi connectivity index (χ2n) is 7.47. The Morgan fingerprint density at radius 1 is 1.16 bits per heavy atom. The summed E-state index contributed by atoms with van der Waals surface area (Å²) in [6.45, 7) is 6.10. The van der Waals surface area contributed by atoms with Crippen LogP contribution in [0.1, 0.15) is 22.8 Å². The van der Waals surface area contributed by atoms with Gasteiger partial charge in [0.2, 0.25) is 0 Å². The molecule has 0 N–H and O–H groups in total. The molecule has 0 radical (unpaired) electrons. The predicted molar refractivity (Wildman–Crippen MR) is 123 cm³/mol. The third-order valence-electron chi connectivity index (χ3n) is 5.57. The fraction of sp³-hybridized carbons (Fsp3) is 0.364. The van der Waals surface area contributed by atoms with Gasteiger partial charge in [-0.3, -0.25) is 4.79 Å². The largest absolute Gasteiger partial charge is 0.494 e. The zero-order valence-electron chi connectivity index (χ0n) is 17.8. The summed E-state index contributed by atoms with van der Waals surface area (Å²) >= 11 is 1.64. The van der Waals surface area contributed by atoms with E-state index in [0.717, 1.165) is 26.7 Å². The lowest BCUT2D eigenvalue weighted by atomic mass is 10.2. The van der Waals surface area contributed by atoms with Gasteiger partial charge in [0.1, 0.15) is 11.3 Å². The molecule has 2 aromatic carbocycles. The van der Waals surface area contributed by atoms with E-state index in [0.29, 0.717) is 31.7 Å². The van der Waals surface area contributed by atoms with Crippen molar-refractivity contribution in [3.63, 3.8) is 0 Å². The number of amides is 1. The molecule has 0 atom stereocenters. The molecule has 1 aliphatic rings. The van der Waals surface area contributed by atoms with Gasteiger partial charge in [-0.05, 0) is 36.8 Å². The van der Waals surface area contributed by atoms with Crippen molar-refractivity contribution in [3.8, 4) is 5.75 Å². The number of benzene rings is 2. The highest BCUT2D eigenvalue weighted by Gasteiger charge is 2.25. The fourth-order valence-electron chi connectivity index (χ4n) is 3.67. The van der Waals surface area contributed by atoms with Crippen LogP contribution in [0, 0.1) is 6.92 Å². The quantitative estimate of drug-likeness (QED) is 0.582. The SMILES string of the molecule is CCS(=O)(=O)c1cccc(C(=O)N2CCN(c3nc4c(OC)ccc(C)c4s3)CC2)c1. The first-order valence-corrected chi connectivity index (χ1v) is 12.6. The minimum Gasteiger partial charge on any atom is -0.494 e. The number of sulfone groups is 1. The highest BCUT2D eigenvalue weighted by Crippen LogP contribution is 2.36. The van der Waals surface area contributed by atoms with Crippen LogP contribution in [0.3, 0.4) is 0 Å². The number of anilines is 1. The van der Waals surface area contributed by atoms with Crippen LogP contribution in [0.25, 0.3) is 10.2 Å². The van der Waals surface area contributed by atoms with Crippen molar-refractivity contribution in [1.82, 2.24) is 9.88 Å². The van der Waals surface area contributed by atoms with E-state index < -0.39 is 9.84 Å². The van der Waals surface area contributed by atoms with Crippen molar-refractivity contribution in [3.05, 3.63) is 47.5 Å². The van der Waals surface area contributed by atoms with E-state index in [9.17, 15) is 13.2 Å². The van der Waals surface area contributed by atoms with Crippen LogP contribution in [0.15, 0.2) is 41.3 Å². The minimum absolute atomic E-state index is 0.00967. The zero-order valence-corrected chi connectivity index (χ0v) is 19.4. The van der Waals surface area contributed by atoms with Gasteiger partial charge in [0.25, 0.3) is 5.91 Å². The summed E-state index contributed by atoms with van der Waals surface area (Å²) in [6, 6.07) is 10.3. The van der Waals surface area contributed by atoms with Crippen LogP contribution in [-0.4, -0.2) is 63.3 Å².